The number of hydrogen-bond donors (Lipinski definition) is 0. The van der Waals surface area contributed by atoms with Gasteiger partial charge in [0.2, 0.25) is 5.91 Å². The molecule has 1 aliphatic rings. The maximum Gasteiger partial charge on any atom is 0.246 e. The summed E-state index contributed by atoms with van der Waals surface area (Å²) in [5.41, 5.74) is 6.13. The quantitative estimate of drug-likeness (QED) is 0.422. The third kappa shape index (κ3) is 3.79. The number of ether oxygens (including phenoxy) is 2. The molecule has 1 aliphatic heterocycles. The summed E-state index contributed by atoms with van der Waals surface area (Å²) < 4.78 is 12.9. The van der Waals surface area contributed by atoms with Gasteiger partial charge in [-0.25, -0.2) is 4.98 Å². The van der Waals surface area contributed by atoms with Gasteiger partial charge in [-0.15, -0.1) is 0 Å². The van der Waals surface area contributed by atoms with Crippen molar-refractivity contribution in [2.45, 2.75) is 13.0 Å². The van der Waals surface area contributed by atoms with Gasteiger partial charge in [0.25, 0.3) is 0 Å². The molecule has 7 nitrogen and oxygen atoms in total. The van der Waals surface area contributed by atoms with Gasteiger partial charge in [0.1, 0.15) is 5.65 Å². The molecule has 0 N–H and O–H groups in total. The van der Waals surface area contributed by atoms with E-state index in [1.54, 1.807) is 38.9 Å². The van der Waals surface area contributed by atoms with Crippen LogP contribution in [0.1, 0.15) is 16.7 Å². The molecule has 0 saturated heterocycles. The van der Waals surface area contributed by atoms with E-state index >= 15 is 0 Å². The molecule has 0 atom stereocenters. The van der Waals surface area contributed by atoms with Crippen molar-refractivity contribution in [1.29, 1.82) is 0 Å². The summed E-state index contributed by atoms with van der Waals surface area (Å²) in [6.45, 7) is 1.19. The van der Waals surface area contributed by atoms with E-state index in [4.69, 9.17) is 9.47 Å². The molecular weight excluding hydrogens is 428 g/mol. The standard InChI is InChI=1S/C27H26N4O3/c1-30-26(18-8-12-28-13-9-18)21(22-5-4-11-29-27(22)30)6-7-25(32)31-14-10-19-15-23(33-2)24(34-3)16-20(19)17-31/h4-9,11-13,15-16H,10,14,17H2,1-3H3. The Labute approximate surface area is 198 Å². The number of aromatic nitrogens is 3. The predicted octanol–water partition coefficient (Wildman–Crippen LogP) is 4.25. The fourth-order valence-electron chi connectivity index (χ4n) is 4.65. The summed E-state index contributed by atoms with van der Waals surface area (Å²) in [7, 11) is 5.25. The van der Waals surface area contributed by atoms with Crippen LogP contribution < -0.4 is 9.47 Å². The topological polar surface area (TPSA) is 69.5 Å². The molecule has 0 spiro atoms. The molecule has 0 radical (unpaired) electrons. The second kappa shape index (κ2) is 9.02. The third-order valence-electron chi connectivity index (χ3n) is 6.36. The molecule has 34 heavy (non-hydrogen) atoms. The summed E-state index contributed by atoms with van der Waals surface area (Å²) in [5, 5.41) is 1.00. The van der Waals surface area contributed by atoms with Crippen LogP contribution in [0.3, 0.4) is 0 Å². The number of carbonyl (C=O) groups excluding carboxylic acids is 1. The molecule has 0 fully saturated rings. The maximum atomic E-state index is 13.2. The van der Waals surface area contributed by atoms with Gasteiger partial charge in [-0.3, -0.25) is 9.78 Å². The van der Waals surface area contributed by atoms with Gasteiger partial charge in [0.15, 0.2) is 11.5 Å². The molecule has 0 unspecified atom stereocenters. The summed E-state index contributed by atoms with van der Waals surface area (Å²) in [6, 6.07) is 11.9. The van der Waals surface area contributed by atoms with Crippen LogP contribution in [0.4, 0.5) is 0 Å². The van der Waals surface area contributed by atoms with Crippen molar-refractivity contribution in [3.8, 4) is 22.8 Å². The lowest BCUT2D eigenvalue weighted by molar-refractivity contribution is -0.126. The average molecular weight is 455 g/mol. The number of aryl methyl sites for hydroxylation is 1. The summed E-state index contributed by atoms with van der Waals surface area (Å²) >= 11 is 0. The zero-order valence-corrected chi connectivity index (χ0v) is 19.5. The molecule has 0 aliphatic carbocycles. The highest BCUT2D eigenvalue weighted by Crippen LogP contribution is 2.34. The smallest absolute Gasteiger partial charge is 0.246 e. The number of amides is 1. The van der Waals surface area contributed by atoms with Crippen molar-refractivity contribution in [3.63, 3.8) is 0 Å². The Hall–Kier alpha value is -4.13. The normalized spacial score (nSPS) is 13.3. The van der Waals surface area contributed by atoms with Crippen molar-refractivity contribution in [2.24, 2.45) is 7.05 Å². The van der Waals surface area contributed by atoms with Crippen LogP contribution in [0.5, 0.6) is 11.5 Å². The van der Waals surface area contributed by atoms with E-state index in [1.807, 2.05) is 54.4 Å². The number of carbonyl (C=O) groups is 1. The van der Waals surface area contributed by atoms with Crippen molar-refractivity contribution in [1.82, 2.24) is 19.4 Å². The van der Waals surface area contributed by atoms with Crippen LogP contribution in [-0.2, 0) is 24.8 Å². The van der Waals surface area contributed by atoms with Crippen LogP contribution >= 0.6 is 0 Å². The number of nitrogens with zero attached hydrogens (tertiary/aromatic N) is 4. The molecule has 0 saturated carbocycles. The van der Waals surface area contributed by atoms with Gasteiger partial charge in [-0.2, -0.15) is 0 Å². The SMILES string of the molecule is COc1cc2c(cc1OC)CN(C(=O)C=Cc1c(-c3ccncc3)n(C)c3ncccc13)CC2. The fraction of sp³-hybridized carbons (Fsp3) is 0.222. The van der Waals surface area contributed by atoms with Gasteiger partial charge in [0.05, 0.1) is 19.9 Å². The first-order chi connectivity index (χ1) is 16.6. The molecule has 5 rings (SSSR count). The Kier molecular flexibility index (Phi) is 5.76. The largest absolute Gasteiger partial charge is 0.493 e. The van der Waals surface area contributed by atoms with Gasteiger partial charge >= 0.3 is 0 Å². The maximum absolute atomic E-state index is 13.2. The zero-order valence-electron chi connectivity index (χ0n) is 19.5. The lowest BCUT2D eigenvalue weighted by atomic mass is 9.98. The Morgan fingerprint density at radius 1 is 1.03 bits per heavy atom. The van der Waals surface area contributed by atoms with E-state index in [-0.39, 0.29) is 5.91 Å². The third-order valence-corrected chi connectivity index (χ3v) is 6.36. The number of benzene rings is 1. The minimum atomic E-state index is -0.0259. The van der Waals surface area contributed by atoms with Crippen LogP contribution in [0.15, 0.2) is 61.1 Å². The summed E-state index contributed by atoms with van der Waals surface area (Å²) in [5.74, 6) is 1.37. The zero-order chi connectivity index (χ0) is 23.7. The van der Waals surface area contributed by atoms with Crippen LogP contribution in [0, 0.1) is 0 Å². The molecule has 0 bridgehead atoms. The van der Waals surface area contributed by atoms with Crippen molar-refractivity contribution >= 4 is 23.0 Å². The molecule has 3 aromatic heterocycles. The van der Waals surface area contributed by atoms with E-state index in [0.717, 1.165) is 39.8 Å². The second-order valence-corrected chi connectivity index (χ2v) is 8.25. The number of methoxy groups -OCH3 is 2. The van der Waals surface area contributed by atoms with E-state index in [0.29, 0.717) is 24.6 Å². The highest BCUT2D eigenvalue weighted by atomic mass is 16.5. The van der Waals surface area contributed by atoms with Crippen LogP contribution in [-0.4, -0.2) is 46.1 Å². The highest BCUT2D eigenvalue weighted by molar-refractivity contribution is 6.00. The lowest BCUT2D eigenvalue weighted by Crippen LogP contribution is -2.34. The molecule has 1 aromatic carbocycles. The van der Waals surface area contributed by atoms with Gasteiger partial charge < -0.3 is 18.9 Å². The number of hydrogen-bond acceptors (Lipinski definition) is 5. The van der Waals surface area contributed by atoms with E-state index in [9.17, 15) is 4.79 Å². The average Bonchev–Trinajstić information content (AvgIpc) is 3.18. The van der Waals surface area contributed by atoms with E-state index in [2.05, 4.69) is 14.5 Å². The van der Waals surface area contributed by atoms with Crippen LogP contribution in [0.25, 0.3) is 28.4 Å². The first kappa shape index (κ1) is 21.7. The first-order valence-electron chi connectivity index (χ1n) is 11.1. The molecule has 172 valence electrons. The Morgan fingerprint density at radius 2 is 1.76 bits per heavy atom. The molecule has 1 amide bonds. The van der Waals surface area contributed by atoms with Crippen LogP contribution in [0.2, 0.25) is 0 Å². The van der Waals surface area contributed by atoms with E-state index in [1.165, 1.54) is 5.56 Å². The first-order valence-corrected chi connectivity index (χ1v) is 11.1. The summed E-state index contributed by atoms with van der Waals surface area (Å²) in [4.78, 5) is 23.8. The highest BCUT2D eigenvalue weighted by Gasteiger charge is 2.22. The van der Waals surface area contributed by atoms with Crippen molar-refractivity contribution < 1.29 is 14.3 Å². The monoisotopic (exact) mass is 454 g/mol. The number of fused-ring (bicyclic) bond motifs is 2. The molecule has 7 heteroatoms. The Bertz CT molecular complexity index is 1390. The fourth-order valence-corrected chi connectivity index (χ4v) is 4.65. The Balaban J connectivity index is 1.46. The van der Waals surface area contributed by atoms with E-state index < -0.39 is 0 Å². The minimum Gasteiger partial charge on any atom is -0.493 e. The second-order valence-electron chi connectivity index (χ2n) is 8.25. The molecule has 4 aromatic rings. The van der Waals surface area contributed by atoms with Crippen molar-refractivity contribution in [2.75, 3.05) is 20.8 Å². The van der Waals surface area contributed by atoms with Gasteiger partial charge in [0, 0.05) is 61.3 Å². The van der Waals surface area contributed by atoms with Crippen molar-refractivity contribution in [3.05, 3.63) is 77.8 Å². The predicted molar refractivity (Wildman–Crippen MR) is 132 cm³/mol. The minimum absolute atomic E-state index is 0.0259. The lowest BCUT2D eigenvalue weighted by Gasteiger charge is -2.28. The Morgan fingerprint density at radius 3 is 2.50 bits per heavy atom. The summed E-state index contributed by atoms with van der Waals surface area (Å²) in [6.07, 6.45) is 9.67. The molecular formula is C27H26N4O3. The number of rotatable bonds is 5. The van der Waals surface area contributed by atoms with Gasteiger partial charge in [-0.1, -0.05) is 0 Å². The number of pyridine rings is 2. The molecule has 4 heterocycles. The van der Waals surface area contributed by atoms with Gasteiger partial charge in [-0.05, 0) is 60.0 Å².